The van der Waals surface area contributed by atoms with Crippen molar-refractivity contribution < 1.29 is 40.7 Å². The summed E-state index contributed by atoms with van der Waals surface area (Å²) in [5, 5.41) is 2.41. The molecular weight excluding hydrogens is 575 g/mol. The number of nitrogens with one attached hydrogen (secondary N) is 1. The van der Waals surface area contributed by atoms with Gasteiger partial charge in [0.05, 0.1) is 46.3 Å². The number of sulfonamides is 1. The van der Waals surface area contributed by atoms with Crippen LogP contribution in [0, 0.1) is 0 Å². The Morgan fingerprint density at radius 2 is 1.74 bits per heavy atom. The standard InChI is InChI=1S/C29H28F3N3O6S/c1-19-15-20-5-2-3-8-25(20)35(19)42(38,39)23-7-4-6-21(16-23)28(37)41-18-27(36)33-24-17-22(29(30,31)32)9-10-26(24)34-11-13-40-14-12-34/h2-10,16-17,19H,11-15,18H2,1H3,(H,33,36)/t19-/m0/s1. The number of nitrogens with zero attached hydrogens (tertiary/aromatic N) is 2. The molecule has 42 heavy (non-hydrogen) atoms. The molecule has 3 aromatic rings. The lowest BCUT2D eigenvalue weighted by Gasteiger charge is -2.31. The van der Waals surface area contributed by atoms with Crippen molar-refractivity contribution in [3.63, 3.8) is 0 Å². The van der Waals surface area contributed by atoms with Crippen molar-refractivity contribution in [2.75, 3.05) is 47.4 Å². The predicted octanol–water partition coefficient (Wildman–Crippen LogP) is 4.48. The summed E-state index contributed by atoms with van der Waals surface area (Å²) in [5.74, 6) is -1.82. The average Bonchev–Trinajstić information content (AvgIpc) is 3.32. The van der Waals surface area contributed by atoms with E-state index in [1.807, 2.05) is 12.1 Å². The van der Waals surface area contributed by atoms with Crippen molar-refractivity contribution in [2.45, 2.75) is 30.5 Å². The summed E-state index contributed by atoms with van der Waals surface area (Å²) in [5.41, 5.74) is 0.715. The first-order valence-electron chi connectivity index (χ1n) is 13.2. The van der Waals surface area contributed by atoms with Gasteiger partial charge in [-0.1, -0.05) is 24.3 Å². The molecule has 1 amide bonds. The SMILES string of the molecule is C[C@H]1Cc2ccccc2N1S(=O)(=O)c1cccc(C(=O)OCC(=O)Nc2cc(C(F)(F)F)ccc2N2CCOCC2)c1. The first-order valence-corrected chi connectivity index (χ1v) is 14.6. The van der Waals surface area contributed by atoms with Crippen LogP contribution in [0.4, 0.5) is 30.2 Å². The van der Waals surface area contributed by atoms with Gasteiger partial charge in [-0.05, 0) is 61.4 Å². The van der Waals surface area contributed by atoms with E-state index in [2.05, 4.69) is 5.32 Å². The second-order valence-electron chi connectivity index (χ2n) is 9.96. The first kappa shape index (κ1) is 29.4. The van der Waals surface area contributed by atoms with Crippen LogP contribution in [0.15, 0.2) is 71.6 Å². The Kier molecular flexibility index (Phi) is 8.15. The molecule has 2 heterocycles. The zero-order chi connectivity index (χ0) is 30.1. The van der Waals surface area contributed by atoms with Gasteiger partial charge in [-0.25, -0.2) is 13.2 Å². The van der Waals surface area contributed by atoms with Gasteiger partial charge in [0.2, 0.25) is 0 Å². The minimum absolute atomic E-state index is 0.0825. The van der Waals surface area contributed by atoms with Crippen LogP contribution >= 0.6 is 0 Å². The number of carbonyl (C=O) groups excluding carboxylic acids is 2. The molecule has 0 saturated carbocycles. The lowest BCUT2D eigenvalue weighted by Crippen LogP contribution is -2.37. The number of anilines is 3. The van der Waals surface area contributed by atoms with Gasteiger partial charge in [0.1, 0.15) is 0 Å². The van der Waals surface area contributed by atoms with Crippen LogP contribution in [0.5, 0.6) is 0 Å². The van der Waals surface area contributed by atoms with Crippen LogP contribution < -0.4 is 14.5 Å². The number of ether oxygens (including phenoxy) is 2. The van der Waals surface area contributed by atoms with Crippen LogP contribution in [0.2, 0.25) is 0 Å². The van der Waals surface area contributed by atoms with Crippen LogP contribution in [0.3, 0.4) is 0 Å². The summed E-state index contributed by atoms with van der Waals surface area (Å²) in [4.78, 5) is 27.1. The number of halogens is 3. The number of benzene rings is 3. The molecule has 0 aromatic heterocycles. The van der Waals surface area contributed by atoms with Gasteiger partial charge >= 0.3 is 12.1 Å². The predicted molar refractivity (Wildman–Crippen MR) is 149 cm³/mol. The molecule has 2 aliphatic rings. The van der Waals surface area contributed by atoms with Crippen molar-refractivity contribution in [2.24, 2.45) is 0 Å². The molecule has 0 aliphatic carbocycles. The third-order valence-corrected chi connectivity index (χ3v) is 8.98. The highest BCUT2D eigenvalue weighted by atomic mass is 32.2. The Hall–Kier alpha value is -4.10. The normalized spacial score (nSPS) is 17.1. The van der Waals surface area contributed by atoms with E-state index in [1.54, 1.807) is 24.0 Å². The van der Waals surface area contributed by atoms with Crippen LogP contribution in [0.25, 0.3) is 0 Å². The number of amides is 1. The van der Waals surface area contributed by atoms with Crippen molar-refractivity contribution >= 4 is 39.0 Å². The van der Waals surface area contributed by atoms with E-state index in [0.29, 0.717) is 44.1 Å². The number of esters is 1. The third-order valence-electron chi connectivity index (χ3n) is 7.06. The lowest BCUT2D eigenvalue weighted by molar-refractivity contribution is -0.137. The molecule has 1 saturated heterocycles. The zero-order valence-corrected chi connectivity index (χ0v) is 23.4. The maximum atomic E-state index is 13.5. The van der Waals surface area contributed by atoms with Crippen molar-refractivity contribution in [3.05, 3.63) is 83.4 Å². The van der Waals surface area contributed by atoms with Crippen molar-refractivity contribution in [1.29, 1.82) is 0 Å². The summed E-state index contributed by atoms with van der Waals surface area (Å²) in [7, 11) is -4.02. The zero-order valence-electron chi connectivity index (χ0n) is 22.6. The molecule has 1 N–H and O–H groups in total. The fraction of sp³-hybridized carbons (Fsp3) is 0.310. The van der Waals surface area contributed by atoms with E-state index in [4.69, 9.17) is 9.47 Å². The molecule has 0 unspecified atom stereocenters. The highest BCUT2D eigenvalue weighted by Crippen LogP contribution is 2.37. The summed E-state index contributed by atoms with van der Waals surface area (Å²) < 4.78 is 78.9. The first-order chi connectivity index (χ1) is 19.9. The minimum atomic E-state index is -4.63. The molecular formula is C29H28F3N3O6S. The van der Waals surface area contributed by atoms with Gasteiger partial charge in [-0.2, -0.15) is 13.2 Å². The van der Waals surface area contributed by atoms with Gasteiger partial charge in [-0.3, -0.25) is 9.10 Å². The van der Waals surface area contributed by atoms with Crippen LogP contribution in [-0.4, -0.2) is 59.2 Å². The smallest absolute Gasteiger partial charge is 0.416 e. The van der Waals surface area contributed by atoms with E-state index in [-0.39, 0.29) is 22.2 Å². The topological polar surface area (TPSA) is 105 Å². The Balaban J connectivity index is 1.29. The second kappa shape index (κ2) is 11.6. The quantitative estimate of drug-likeness (QED) is 0.397. The molecule has 1 fully saturated rings. The number of alkyl halides is 3. The number of hydrogen-bond donors (Lipinski definition) is 1. The molecule has 0 bridgehead atoms. The second-order valence-corrected chi connectivity index (χ2v) is 11.8. The van der Waals surface area contributed by atoms with E-state index in [1.165, 1.54) is 34.6 Å². The third kappa shape index (κ3) is 6.07. The van der Waals surface area contributed by atoms with Crippen LogP contribution in [-0.2, 0) is 36.9 Å². The van der Waals surface area contributed by atoms with Crippen molar-refractivity contribution in [3.8, 4) is 0 Å². The molecule has 1 atom stereocenters. The molecule has 0 spiro atoms. The van der Waals surface area contributed by atoms with E-state index in [9.17, 15) is 31.2 Å². The van der Waals surface area contributed by atoms with Gasteiger partial charge in [0.15, 0.2) is 6.61 Å². The number of carbonyl (C=O) groups is 2. The average molecular weight is 604 g/mol. The molecule has 222 valence electrons. The highest BCUT2D eigenvalue weighted by molar-refractivity contribution is 7.92. The molecule has 0 radical (unpaired) electrons. The van der Waals surface area contributed by atoms with E-state index >= 15 is 0 Å². The molecule has 13 heteroatoms. The van der Waals surface area contributed by atoms with E-state index in [0.717, 1.165) is 17.7 Å². The fourth-order valence-electron chi connectivity index (χ4n) is 5.09. The van der Waals surface area contributed by atoms with Gasteiger partial charge in [-0.15, -0.1) is 0 Å². The largest absolute Gasteiger partial charge is 0.452 e. The van der Waals surface area contributed by atoms with Crippen LogP contribution in [0.1, 0.15) is 28.4 Å². The fourth-order valence-corrected chi connectivity index (χ4v) is 6.83. The number of hydrogen-bond acceptors (Lipinski definition) is 7. The molecule has 3 aromatic carbocycles. The Morgan fingerprint density at radius 1 is 1.00 bits per heavy atom. The molecule has 5 rings (SSSR count). The van der Waals surface area contributed by atoms with E-state index < -0.39 is 40.2 Å². The maximum Gasteiger partial charge on any atom is 0.416 e. The van der Waals surface area contributed by atoms with Gasteiger partial charge in [0.25, 0.3) is 15.9 Å². The molecule has 9 nitrogen and oxygen atoms in total. The molecule has 2 aliphatic heterocycles. The van der Waals surface area contributed by atoms with Gasteiger partial charge in [0, 0.05) is 19.1 Å². The highest BCUT2D eigenvalue weighted by Gasteiger charge is 2.36. The summed E-state index contributed by atoms with van der Waals surface area (Å²) in [6.07, 6.45) is -4.08. The summed E-state index contributed by atoms with van der Waals surface area (Å²) in [6, 6.07) is 15.2. The number of rotatable bonds is 7. The monoisotopic (exact) mass is 603 g/mol. The minimum Gasteiger partial charge on any atom is -0.452 e. The number of para-hydroxylation sites is 1. The Bertz CT molecular complexity index is 1610. The number of fused-ring (bicyclic) bond motifs is 1. The Labute approximate surface area is 240 Å². The maximum absolute atomic E-state index is 13.5. The van der Waals surface area contributed by atoms with Crippen molar-refractivity contribution in [1.82, 2.24) is 0 Å². The number of morpholine rings is 1. The Morgan fingerprint density at radius 3 is 2.48 bits per heavy atom. The van der Waals surface area contributed by atoms with Gasteiger partial charge < -0.3 is 19.7 Å². The lowest BCUT2D eigenvalue weighted by atomic mass is 10.1. The summed E-state index contributed by atoms with van der Waals surface area (Å²) >= 11 is 0. The summed E-state index contributed by atoms with van der Waals surface area (Å²) in [6.45, 7) is 2.59.